The molecule has 1 aliphatic carbocycles. The molecule has 0 radical (unpaired) electrons. The van der Waals surface area contributed by atoms with Crippen molar-refractivity contribution in [1.82, 2.24) is 20.2 Å². The summed E-state index contributed by atoms with van der Waals surface area (Å²) in [7, 11) is 0. The standard InChI is InChI=1S/C20H27N5O2S/c1-3-7-18(26)21-16-12-10-15(11-13-16)19(27)14(2)28-20-22-23-24-25(20)17-8-5-4-6-9-17/h10-14,17H,3-9H2,1-2H3,(H,21,26)/t14-/m0/s1. The number of nitrogens with one attached hydrogen (secondary N) is 1. The summed E-state index contributed by atoms with van der Waals surface area (Å²) in [6.07, 6.45) is 7.14. The highest BCUT2D eigenvalue weighted by Gasteiger charge is 2.24. The Morgan fingerprint density at radius 3 is 2.61 bits per heavy atom. The number of thioether (sulfide) groups is 1. The zero-order chi connectivity index (χ0) is 19.9. The van der Waals surface area contributed by atoms with Gasteiger partial charge in [0.25, 0.3) is 0 Å². The molecule has 2 aromatic rings. The van der Waals surface area contributed by atoms with Crippen molar-refractivity contribution in [2.24, 2.45) is 0 Å². The molecule has 7 nitrogen and oxygen atoms in total. The van der Waals surface area contributed by atoms with Crippen LogP contribution in [-0.4, -0.2) is 37.1 Å². The van der Waals surface area contributed by atoms with E-state index in [2.05, 4.69) is 20.8 Å². The first-order valence-corrected chi connectivity index (χ1v) is 10.8. The van der Waals surface area contributed by atoms with Crippen LogP contribution in [0.4, 0.5) is 5.69 Å². The highest BCUT2D eigenvalue weighted by Crippen LogP contribution is 2.32. The summed E-state index contributed by atoms with van der Waals surface area (Å²) in [6, 6.07) is 7.38. The van der Waals surface area contributed by atoms with Gasteiger partial charge in [-0.25, -0.2) is 4.68 Å². The van der Waals surface area contributed by atoms with Crippen LogP contribution in [0.3, 0.4) is 0 Å². The lowest BCUT2D eigenvalue weighted by Gasteiger charge is -2.22. The number of tetrazole rings is 1. The van der Waals surface area contributed by atoms with E-state index in [-0.39, 0.29) is 16.9 Å². The molecule has 0 saturated heterocycles. The van der Waals surface area contributed by atoms with Crippen molar-refractivity contribution < 1.29 is 9.59 Å². The van der Waals surface area contributed by atoms with E-state index in [0.29, 0.717) is 28.9 Å². The molecule has 1 fully saturated rings. The summed E-state index contributed by atoms with van der Waals surface area (Å²) >= 11 is 1.40. The minimum atomic E-state index is -0.297. The fraction of sp³-hybridized carbons (Fsp3) is 0.550. The number of amides is 1. The third kappa shape index (κ3) is 5.19. The van der Waals surface area contributed by atoms with Crippen molar-refractivity contribution in [3.05, 3.63) is 29.8 Å². The molecule has 0 aliphatic heterocycles. The summed E-state index contributed by atoms with van der Waals surface area (Å²) in [5.41, 5.74) is 1.32. The van der Waals surface area contributed by atoms with E-state index in [1.807, 2.05) is 18.5 Å². The molecule has 1 amide bonds. The molecular formula is C20H27N5O2S. The molecule has 1 aromatic carbocycles. The number of aromatic nitrogens is 4. The fourth-order valence-corrected chi connectivity index (χ4v) is 4.37. The van der Waals surface area contributed by atoms with Crippen molar-refractivity contribution in [3.8, 4) is 0 Å². The van der Waals surface area contributed by atoms with Gasteiger partial charge in [-0.05, 0) is 60.9 Å². The molecule has 0 bridgehead atoms. The van der Waals surface area contributed by atoms with E-state index < -0.39 is 0 Å². The topological polar surface area (TPSA) is 89.8 Å². The molecule has 1 atom stereocenters. The molecule has 1 heterocycles. The van der Waals surface area contributed by atoms with Gasteiger partial charge in [-0.1, -0.05) is 37.9 Å². The van der Waals surface area contributed by atoms with Crippen molar-refractivity contribution in [3.63, 3.8) is 0 Å². The van der Waals surface area contributed by atoms with Crippen LogP contribution in [0.25, 0.3) is 0 Å². The Balaban J connectivity index is 1.62. The van der Waals surface area contributed by atoms with Crippen LogP contribution in [0.2, 0.25) is 0 Å². The number of nitrogens with zero attached hydrogens (tertiary/aromatic N) is 4. The molecule has 28 heavy (non-hydrogen) atoms. The van der Waals surface area contributed by atoms with Gasteiger partial charge in [0.15, 0.2) is 5.78 Å². The maximum Gasteiger partial charge on any atom is 0.224 e. The van der Waals surface area contributed by atoms with Gasteiger partial charge < -0.3 is 5.32 Å². The smallest absolute Gasteiger partial charge is 0.224 e. The average Bonchev–Trinajstić information content (AvgIpc) is 3.17. The number of benzene rings is 1. The average molecular weight is 402 g/mol. The number of hydrogen-bond acceptors (Lipinski definition) is 6. The van der Waals surface area contributed by atoms with Gasteiger partial charge in [0.2, 0.25) is 11.1 Å². The summed E-state index contributed by atoms with van der Waals surface area (Å²) in [4.78, 5) is 24.5. The van der Waals surface area contributed by atoms with Gasteiger partial charge in [-0.2, -0.15) is 0 Å². The third-order valence-electron chi connectivity index (χ3n) is 4.96. The lowest BCUT2D eigenvalue weighted by molar-refractivity contribution is -0.116. The Labute approximate surface area is 169 Å². The second kappa shape index (κ2) is 9.82. The van der Waals surface area contributed by atoms with Gasteiger partial charge in [-0.15, -0.1) is 5.10 Å². The fourth-order valence-electron chi connectivity index (χ4n) is 3.43. The largest absolute Gasteiger partial charge is 0.326 e. The maximum absolute atomic E-state index is 12.8. The molecule has 8 heteroatoms. The highest BCUT2D eigenvalue weighted by molar-refractivity contribution is 8.00. The van der Waals surface area contributed by atoms with Crippen molar-refractivity contribution in [2.75, 3.05) is 5.32 Å². The molecule has 3 rings (SSSR count). The van der Waals surface area contributed by atoms with Gasteiger partial charge in [0.1, 0.15) is 0 Å². The van der Waals surface area contributed by atoms with E-state index in [9.17, 15) is 9.59 Å². The number of rotatable bonds is 8. The Bertz CT molecular complexity index is 799. The van der Waals surface area contributed by atoms with Crippen molar-refractivity contribution >= 4 is 29.1 Å². The van der Waals surface area contributed by atoms with Crippen molar-refractivity contribution in [2.45, 2.75) is 75.2 Å². The van der Waals surface area contributed by atoms with E-state index in [4.69, 9.17) is 0 Å². The highest BCUT2D eigenvalue weighted by atomic mass is 32.2. The van der Waals surface area contributed by atoms with E-state index in [1.54, 1.807) is 24.3 Å². The minimum Gasteiger partial charge on any atom is -0.326 e. The number of carbonyl (C=O) groups excluding carboxylic acids is 2. The van der Waals surface area contributed by atoms with Gasteiger partial charge in [-0.3, -0.25) is 9.59 Å². The molecule has 1 aromatic heterocycles. The van der Waals surface area contributed by atoms with Gasteiger partial charge >= 0.3 is 0 Å². The molecule has 1 N–H and O–H groups in total. The second-order valence-electron chi connectivity index (χ2n) is 7.20. The normalized spacial score (nSPS) is 15.9. The van der Waals surface area contributed by atoms with Crippen molar-refractivity contribution in [1.29, 1.82) is 0 Å². The zero-order valence-corrected chi connectivity index (χ0v) is 17.2. The number of anilines is 1. The maximum atomic E-state index is 12.8. The van der Waals surface area contributed by atoms with Crippen LogP contribution in [0.5, 0.6) is 0 Å². The lowest BCUT2D eigenvalue weighted by atomic mass is 9.96. The van der Waals surface area contributed by atoms with Crippen LogP contribution < -0.4 is 5.32 Å². The summed E-state index contributed by atoms with van der Waals surface area (Å²) < 4.78 is 1.89. The number of hydrogen-bond donors (Lipinski definition) is 1. The summed E-state index contributed by atoms with van der Waals surface area (Å²) in [5.74, 6) is 0.00896. The predicted octanol–water partition coefficient (Wildman–Crippen LogP) is 4.28. The number of carbonyl (C=O) groups is 2. The van der Waals surface area contributed by atoms with Crippen LogP contribution in [-0.2, 0) is 4.79 Å². The monoisotopic (exact) mass is 401 g/mol. The molecule has 0 unspecified atom stereocenters. The van der Waals surface area contributed by atoms with Gasteiger partial charge in [0, 0.05) is 17.7 Å². The third-order valence-corrected chi connectivity index (χ3v) is 6.01. The minimum absolute atomic E-state index is 0.0138. The van der Waals surface area contributed by atoms with Crippen LogP contribution in [0.15, 0.2) is 29.4 Å². The molecular weight excluding hydrogens is 374 g/mol. The Hall–Kier alpha value is -2.22. The first-order chi connectivity index (χ1) is 13.6. The number of Topliss-reactive ketones (excluding diaryl/α,β-unsaturated/α-hetero) is 1. The molecule has 1 aliphatic rings. The van der Waals surface area contributed by atoms with Crippen LogP contribution in [0.1, 0.15) is 75.2 Å². The molecule has 0 spiro atoms. The SMILES string of the molecule is CCCC(=O)Nc1ccc(C(=O)[C@H](C)Sc2nnnn2C2CCCCC2)cc1. The lowest BCUT2D eigenvalue weighted by Crippen LogP contribution is -2.18. The predicted molar refractivity (Wildman–Crippen MR) is 110 cm³/mol. The molecule has 1 saturated carbocycles. The Morgan fingerprint density at radius 1 is 1.21 bits per heavy atom. The Kier molecular flexibility index (Phi) is 7.19. The van der Waals surface area contributed by atoms with Gasteiger partial charge in [0.05, 0.1) is 11.3 Å². The van der Waals surface area contributed by atoms with E-state index in [1.165, 1.54) is 31.0 Å². The summed E-state index contributed by atoms with van der Waals surface area (Å²) in [5, 5.41) is 15.4. The van der Waals surface area contributed by atoms with Crippen LogP contribution in [0, 0.1) is 0 Å². The summed E-state index contributed by atoms with van der Waals surface area (Å²) in [6.45, 7) is 3.84. The first kappa shape index (κ1) is 20.5. The molecule has 150 valence electrons. The van der Waals surface area contributed by atoms with E-state index in [0.717, 1.165) is 19.3 Å². The Morgan fingerprint density at radius 2 is 1.93 bits per heavy atom. The number of ketones is 1. The second-order valence-corrected chi connectivity index (χ2v) is 8.51. The van der Waals surface area contributed by atoms with Crippen LogP contribution >= 0.6 is 11.8 Å². The zero-order valence-electron chi connectivity index (χ0n) is 16.4. The quantitative estimate of drug-likeness (QED) is 0.524. The van der Waals surface area contributed by atoms with E-state index >= 15 is 0 Å². The first-order valence-electron chi connectivity index (χ1n) is 9.97.